The highest BCUT2D eigenvalue weighted by Crippen LogP contribution is 2.26. The number of carboxylic acids is 1. The monoisotopic (exact) mass is 321 g/mol. The molecule has 19 heavy (non-hydrogen) atoms. The van der Waals surface area contributed by atoms with Crippen molar-refractivity contribution >= 4 is 33.4 Å². The first-order valence-electron chi connectivity index (χ1n) is 5.71. The van der Waals surface area contributed by atoms with Crippen LogP contribution in [0.2, 0.25) is 0 Å². The summed E-state index contributed by atoms with van der Waals surface area (Å²) in [6.45, 7) is 2.02. The number of nitrogens with one attached hydrogen (secondary N) is 1. The molecule has 0 amide bonds. The van der Waals surface area contributed by atoms with Gasteiger partial charge in [-0.15, -0.1) is 0 Å². The van der Waals surface area contributed by atoms with Crippen LogP contribution in [0, 0.1) is 0 Å². The Kier molecular flexibility index (Phi) is 4.11. The summed E-state index contributed by atoms with van der Waals surface area (Å²) in [5.74, 6) is -0.279. The lowest BCUT2D eigenvalue weighted by Gasteiger charge is -2.09. The number of aromatic nitrogens is 2. The Hall–Kier alpha value is -1.95. The van der Waals surface area contributed by atoms with Crippen LogP contribution in [-0.4, -0.2) is 21.0 Å². The lowest BCUT2D eigenvalue weighted by Crippen LogP contribution is -2.00. The molecule has 2 N–H and O–H groups in total. The van der Waals surface area contributed by atoms with Crippen LogP contribution in [0.3, 0.4) is 0 Å². The van der Waals surface area contributed by atoms with Gasteiger partial charge < -0.3 is 10.4 Å². The predicted molar refractivity (Wildman–Crippen MR) is 75.8 cm³/mol. The van der Waals surface area contributed by atoms with Gasteiger partial charge in [0.25, 0.3) is 0 Å². The van der Waals surface area contributed by atoms with Crippen molar-refractivity contribution in [2.24, 2.45) is 0 Å². The summed E-state index contributed by atoms with van der Waals surface area (Å²) in [6.07, 6.45) is 2.33. The van der Waals surface area contributed by atoms with E-state index < -0.39 is 5.97 Å². The summed E-state index contributed by atoms with van der Waals surface area (Å²) < 4.78 is 0.670. The lowest BCUT2D eigenvalue weighted by molar-refractivity contribution is 0.0697. The Morgan fingerprint density at radius 1 is 1.37 bits per heavy atom. The predicted octanol–water partition coefficient (Wildman–Crippen LogP) is 3.24. The van der Waals surface area contributed by atoms with E-state index >= 15 is 0 Å². The standard InChI is InChI=1S/C13H12BrN3O2/c1-2-9-6-12(16-7-15-9)17-11-4-3-8(13(18)19)5-10(11)14/h3-7H,2H2,1H3,(H,18,19)(H,15,16,17). The molecular weight excluding hydrogens is 310 g/mol. The summed E-state index contributed by atoms with van der Waals surface area (Å²) in [5.41, 5.74) is 1.93. The second-order valence-corrected chi connectivity index (χ2v) is 4.73. The molecule has 1 aromatic heterocycles. The smallest absolute Gasteiger partial charge is 0.335 e. The van der Waals surface area contributed by atoms with Gasteiger partial charge in [-0.2, -0.15) is 0 Å². The fraction of sp³-hybridized carbons (Fsp3) is 0.154. The van der Waals surface area contributed by atoms with Crippen molar-refractivity contribution < 1.29 is 9.90 Å². The van der Waals surface area contributed by atoms with E-state index in [1.165, 1.54) is 12.4 Å². The first-order valence-corrected chi connectivity index (χ1v) is 6.50. The number of carbonyl (C=O) groups is 1. The van der Waals surface area contributed by atoms with Gasteiger partial charge in [-0.25, -0.2) is 14.8 Å². The van der Waals surface area contributed by atoms with Crippen molar-refractivity contribution in [1.29, 1.82) is 0 Å². The maximum atomic E-state index is 10.8. The van der Waals surface area contributed by atoms with Gasteiger partial charge in [-0.1, -0.05) is 6.92 Å². The highest BCUT2D eigenvalue weighted by molar-refractivity contribution is 9.10. The van der Waals surface area contributed by atoms with E-state index in [-0.39, 0.29) is 5.56 Å². The fourth-order valence-electron chi connectivity index (χ4n) is 1.55. The van der Waals surface area contributed by atoms with Gasteiger partial charge in [0.2, 0.25) is 0 Å². The average Bonchev–Trinajstić information content (AvgIpc) is 2.41. The van der Waals surface area contributed by atoms with E-state index in [0.29, 0.717) is 10.3 Å². The largest absolute Gasteiger partial charge is 0.478 e. The van der Waals surface area contributed by atoms with E-state index in [0.717, 1.165) is 17.8 Å². The minimum absolute atomic E-state index is 0.231. The molecule has 0 aliphatic carbocycles. The quantitative estimate of drug-likeness (QED) is 0.904. The van der Waals surface area contributed by atoms with Crippen molar-refractivity contribution in [2.45, 2.75) is 13.3 Å². The number of aryl methyl sites for hydroxylation is 1. The molecule has 0 aliphatic rings. The summed E-state index contributed by atoms with van der Waals surface area (Å²) in [7, 11) is 0. The van der Waals surface area contributed by atoms with Crippen molar-refractivity contribution in [3.05, 3.63) is 46.3 Å². The van der Waals surface area contributed by atoms with E-state index in [1.807, 2.05) is 13.0 Å². The second kappa shape index (κ2) is 5.79. The molecule has 1 aromatic carbocycles. The molecule has 0 aliphatic heterocycles. The Morgan fingerprint density at radius 3 is 2.79 bits per heavy atom. The average molecular weight is 322 g/mol. The molecule has 0 radical (unpaired) electrons. The molecule has 0 spiro atoms. The molecule has 98 valence electrons. The molecule has 5 nitrogen and oxygen atoms in total. The summed E-state index contributed by atoms with van der Waals surface area (Å²) >= 11 is 3.34. The lowest BCUT2D eigenvalue weighted by atomic mass is 10.2. The molecule has 2 aromatic rings. The van der Waals surface area contributed by atoms with Crippen molar-refractivity contribution in [3.63, 3.8) is 0 Å². The van der Waals surface area contributed by atoms with Crippen LogP contribution in [0.4, 0.5) is 11.5 Å². The van der Waals surface area contributed by atoms with Crippen LogP contribution in [0.5, 0.6) is 0 Å². The van der Waals surface area contributed by atoms with Gasteiger partial charge >= 0.3 is 5.97 Å². The fourth-order valence-corrected chi connectivity index (χ4v) is 2.02. The first kappa shape index (κ1) is 13.5. The van der Waals surface area contributed by atoms with E-state index in [4.69, 9.17) is 5.11 Å². The van der Waals surface area contributed by atoms with Crippen LogP contribution in [-0.2, 0) is 6.42 Å². The molecule has 0 saturated heterocycles. The van der Waals surface area contributed by atoms with Gasteiger partial charge in [-0.05, 0) is 40.5 Å². The minimum atomic E-state index is -0.956. The Labute approximate surface area is 118 Å². The Morgan fingerprint density at radius 2 is 2.16 bits per heavy atom. The normalized spacial score (nSPS) is 10.2. The number of anilines is 2. The third kappa shape index (κ3) is 3.29. The maximum Gasteiger partial charge on any atom is 0.335 e. The number of aromatic carboxylic acids is 1. The number of carboxylic acid groups (broad SMARTS) is 1. The third-order valence-electron chi connectivity index (χ3n) is 2.56. The maximum absolute atomic E-state index is 10.8. The Balaban J connectivity index is 2.25. The van der Waals surface area contributed by atoms with Gasteiger partial charge in [-0.3, -0.25) is 0 Å². The van der Waals surface area contributed by atoms with Gasteiger partial charge in [0.15, 0.2) is 0 Å². The SMILES string of the molecule is CCc1cc(Nc2ccc(C(=O)O)cc2Br)ncn1. The first-order chi connectivity index (χ1) is 9.10. The Bertz CT molecular complexity index is 617. The van der Waals surface area contributed by atoms with Crippen LogP contribution in [0.25, 0.3) is 0 Å². The number of halogens is 1. The van der Waals surface area contributed by atoms with Crippen molar-refractivity contribution in [3.8, 4) is 0 Å². The van der Waals surface area contributed by atoms with Gasteiger partial charge in [0.05, 0.1) is 11.3 Å². The van der Waals surface area contributed by atoms with Gasteiger partial charge in [0, 0.05) is 16.2 Å². The number of hydrogen-bond donors (Lipinski definition) is 2. The molecule has 0 fully saturated rings. The third-order valence-corrected chi connectivity index (χ3v) is 3.22. The van der Waals surface area contributed by atoms with E-state index in [9.17, 15) is 4.79 Å². The highest BCUT2D eigenvalue weighted by Gasteiger charge is 2.07. The van der Waals surface area contributed by atoms with Crippen LogP contribution in [0.15, 0.2) is 35.1 Å². The van der Waals surface area contributed by atoms with Gasteiger partial charge in [0.1, 0.15) is 12.1 Å². The molecule has 0 atom stereocenters. The molecule has 1 heterocycles. The van der Waals surface area contributed by atoms with E-state index in [2.05, 4.69) is 31.2 Å². The highest BCUT2D eigenvalue weighted by atomic mass is 79.9. The summed E-state index contributed by atoms with van der Waals surface area (Å²) in [4.78, 5) is 19.1. The summed E-state index contributed by atoms with van der Waals surface area (Å²) in [6, 6.07) is 6.64. The zero-order valence-electron chi connectivity index (χ0n) is 10.2. The topological polar surface area (TPSA) is 75.1 Å². The molecule has 0 saturated carbocycles. The van der Waals surface area contributed by atoms with Crippen LogP contribution >= 0.6 is 15.9 Å². The number of benzene rings is 1. The van der Waals surface area contributed by atoms with Crippen LogP contribution < -0.4 is 5.32 Å². The molecular formula is C13H12BrN3O2. The van der Waals surface area contributed by atoms with Crippen LogP contribution in [0.1, 0.15) is 23.0 Å². The molecule has 6 heteroatoms. The van der Waals surface area contributed by atoms with E-state index in [1.54, 1.807) is 12.1 Å². The molecule has 0 bridgehead atoms. The number of hydrogen-bond acceptors (Lipinski definition) is 4. The van der Waals surface area contributed by atoms with Crippen molar-refractivity contribution in [2.75, 3.05) is 5.32 Å². The zero-order chi connectivity index (χ0) is 13.8. The molecule has 2 rings (SSSR count). The summed E-state index contributed by atoms with van der Waals surface area (Å²) in [5, 5.41) is 12.0. The number of rotatable bonds is 4. The molecule has 0 unspecified atom stereocenters. The second-order valence-electron chi connectivity index (χ2n) is 3.87. The number of nitrogens with zero attached hydrogens (tertiary/aromatic N) is 2. The minimum Gasteiger partial charge on any atom is -0.478 e. The zero-order valence-corrected chi connectivity index (χ0v) is 11.8. The van der Waals surface area contributed by atoms with Crippen molar-refractivity contribution in [1.82, 2.24) is 9.97 Å².